The van der Waals surface area contributed by atoms with Crippen LogP contribution in [0.4, 0.5) is 0 Å². The summed E-state index contributed by atoms with van der Waals surface area (Å²) >= 11 is 0. The lowest BCUT2D eigenvalue weighted by atomic mass is 9.80. The third kappa shape index (κ3) is 2.48. The Balaban J connectivity index is 1.78. The van der Waals surface area contributed by atoms with Crippen LogP contribution in [-0.4, -0.2) is 36.3 Å². The van der Waals surface area contributed by atoms with E-state index in [1.54, 1.807) is 6.92 Å². The summed E-state index contributed by atoms with van der Waals surface area (Å²) in [7, 11) is 0. The van der Waals surface area contributed by atoms with Gasteiger partial charge >= 0.3 is 5.97 Å². The summed E-state index contributed by atoms with van der Waals surface area (Å²) < 4.78 is 5.18. The summed E-state index contributed by atoms with van der Waals surface area (Å²) in [4.78, 5) is 27.0. The van der Waals surface area contributed by atoms with E-state index >= 15 is 0 Å². The molecule has 3 rings (SSSR count). The first-order valence-corrected chi connectivity index (χ1v) is 7.63. The average Bonchev–Trinajstić information content (AvgIpc) is 2.69. The molecule has 1 saturated carbocycles. The summed E-state index contributed by atoms with van der Waals surface area (Å²) in [6.07, 6.45) is 1.45. The van der Waals surface area contributed by atoms with Gasteiger partial charge < -0.3 is 4.74 Å². The van der Waals surface area contributed by atoms with E-state index in [1.807, 2.05) is 18.2 Å². The number of hydrogen-bond donors (Lipinski definition) is 0. The highest BCUT2D eigenvalue weighted by Crippen LogP contribution is 2.44. The summed E-state index contributed by atoms with van der Waals surface area (Å²) in [5.74, 6) is -0.229. The molecule has 0 aromatic heterocycles. The van der Waals surface area contributed by atoms with E-state index in [0.717, 1.165) is 19.5 Å². The molecule has 112 valence electrons. The van der Waals surface area contributed by atoms with Crippen LogP contribution >= 0.6 is 0 Å². The summed E-state index contributed by atoms with van der Waals surface area (Å²) in [5, 5.41) is 0. The number of carbonyl (C=O) groups excluding carboxylic acids is 2. The molecule has 1 aromatic carbocycles. The van der Waals surface area contributed by atoms with Gasteiger partial charge in [-0.1, -0.05) is 30.3 Å². The molecule has 4 nitrogen and oxygen atoms in total. The van der Waals surface area contributed by atoms with Crippen LogP contribution in [0.25, 0.3) is 0 Å². The predicted molar refractivity (Wildman–Crippen MR) is 78.5 cm³/mol. The molecule has 2 atom stereocenters. The second-order valence-corrected chi connectivity index (χ2v) is 6.06. The molecule has 2 bridgehead atoms. The van der Waals surface area contributed by atoms with Crippen LogP contribution in [0.5, 0.6) is 0 Å². The van der Waals surface area contributed by atoms with Gasteiger partial charge in [0.1, 0.15) is 5.41 Å². The zero-order valence-corrected chi connectivity index (χ0v) is 12.4. The molecule has 1 saturated heterocycles. The maximum Gasteiger partial charge on any atom is 0.320 e. The Kier molecular flexibility index (Phi) is 3.81. The zero-order chi connectivity index (χ0) is 14.9. The average molecular weight is 287 g/mol. The highest BCUT2D eigenvalue weighted by molar-refractivity contribution is 6.07. The predicted octanol–water partition coefficient (Wildman–Crippen LogP) is 2.03. The number of nitrogens with zero attached hydrogens (tertiary/aromatic N) is 1. The zero-order valence-electron chi connectivity index (χ0n) is 12.4. The van der Waals surface area contributed by atoms with Gasteiger partial charge in [-0.15, -0.1) is 0 Å². The number of ether oxygens (including phenoxy) is 1. The van der Waals surface area contributed by atoms with Gasteiger partial charge in [0.15, 0.2) is 5.78 Å². The van der Waals surface area contributed by atoms with Gasteiger partial charge in [-0.05, 0) is 25.3 Å². The molecule has 1 aliphatic carbocycles. The van der Waals surface area contributed by atoms with Crippen LogP contribution in [0, 0.1) is 11.3 Å². The molecular formula is C17H21NO3. The van der Waals surface area contributed by atoms with Crippen LogP contribution in [-0.2, 0) is 20.9 Å². The van der Waals surface area contributed by atoms with Gasteiger partial charge in [-0.2, -0.15) is 0 Å². The maximum atomic E-state index is 12.5. The Bertz CT molecular complexity index is 542. The first-order valence-electron chi connectivity index (χ1n) is 7.63. The van der Waals surface area contributed by atoms with E-state index < -0.39 is 5.41 Å². The first kappa shape index (κ1) is 14.3. The topological polar surface area (TPSA) is 46.6 Å². The minimum Gasteiger partial charge on any atom is -0.465 e. The van der Waals surface area contributed by atoms with E-state index in [4.69, 9.17) is 4.74 Å². The fourth-order valence-corrected chi connectivity index (χ4v) is 3.65. The van der Waals surface area contributed by atoms with E-state index in [2.05, 4.69) is 17.0 Å². The minimum absolute atomic E-state index is 0.00753. The number of Topliss-reactive ketones (excluding diaryl/α,β-unsaturated/α-hetero) is 1. The second-order valence-electron chi connectivity index (χ2n) is 6.06. The Morgan fingerprint density at radius 1 is 1.38 bits per heavy atom. The van der Waals surface area contributed by atoms with Crippen molar-refractivity contribution in [1.29, 1.82) is 0 Å². The van der Waals surface area contributed by atoms with Crippen molar-refractivity contribution in [1.82, 2.24) is 4.90 Å². The molecule has 0 unspecified atom stereocenters. The summed E-state index contributed by atoms with van der Waals surface area (Å²) in [5.41, 5.74) is 0.304. The smallest absolute Gasteiger partial charge is 0.320 e. The van der Waals surface area contributed by atoms with Crippen molar-refractivity contribution in [3.63, 3.8) is 0 Å². The van der Waals surface area contributed by atoms with Crippen LogP contribution in [0.15, 0.2) is 30.3 Å². The highest BCUT2D eigenvalue weighted by Gasteiger charge is 2.58. The lowest BCUT2D eigenvalue weighted by molar-refractivity contribution is -0.163. The molecule has 0 spiro atoms. The molecule has 1 heterocycles. The number of rotatable bonds is 4. The van der Waals surface area contributed by atoms with Gasteiger partial charge in [0, 0.05) is 25.6 Å². The number of piperidine rings is 1. The minimum atomic E-state index is -0.909. The standard InChI is InChI=1S/C17H21NO3/c1-2-21-16(20)17-9-8-14(15(17)19)11-18(12-17)10-13-6-4-3-5-7-13/h3-7,14H,2,8-12H2,1H3/t14-,17+/m0/s1. The van der Waals surface area contributed by atoms with Crippen molar-refractivity contribution in [2.45, 2.75) is 26.3 Å². The van der Waals surface area contributed by atoms with Crippen molar-refractivity contribution in [3.8, 4) is 0 Å². The van der Waals surface area contributed by atoms with Gasteiger partial charge in [-0.25, -0.2) is 0 Å². The normalized spacial score (nSPS) is 28.6. The lowest BCUT2D eigenvalue weighted by Crippen LogP contribution is -2.53. The molecule has 1 aromatic rings. The summed E-state index contributed by atoms with van der Waals surface area (Å²) in [6.45, 7) is 4.16. The lowest BCUT2D eigenvalue weighted by Gasteiger charge is -2.37. The van der Waals surface area contributed by atoms with Crippen molar-refractivity contribution in [2.75, 3.05) is 19.7 Å². The highest BCUT2D eigenvalue weighted by atomic mass is 16.5. The van der Waals surface area contributed by atoms with Gasteiger partial charge in [0.2, 0.25) is 0 Å². The molecule has 2 aliphatic rings. The quantitative estimate of drug-likeness (QED) is 0.628. The third-order valence-corrected chi connectivity index (χ3v) is 4.65. The number of ketones is 1. The molecule has 21 heavy (non-hydrogen) atoms. The van der Waals surface area contributed by atoms with Crippen molar-refractivity contribution in [3.05, 3.63) is 35.9 Å². The molecule has 2 fully saturated rings. The van der Waals surface area contributed by atoms with Crippen LogP contribution in [0.2, 0.25) is 0 Å². The Labute approximate surface area is 125 Å². The number of benzene rings is 1. The van der Waals surface area contributed by atoms with Crippen LogP contribution in [0.3, 0.4) is 0 Å². The number of esters is 1. The molecule has 1 aliphatic heterocycles. The van der Waals surface area contributed by atoms with E-state index in [9.17, 15) is 9.59 Å². The second kappa shape index (κ2) is 5.60. The van der Waals surface area contributed by atoms with Crippen molar-refractivity contribution in [2.24, 2.45) is 11.3 Å². The SMILES string of the molecule is CCOC(=O)[C@]12CC[C@@H](CN(Cc3ccccc3)C1)C2=O. The van der Waals surface area contributed by atoms with Crippen LogP contribution < -0.4 is 0 Å². The number of carbonyl (C=O) groups is 2. The van der Waals surface area contributed by atoms with Gasteiger partial charge in [-0.3, -0.25) is 14.5 Å². The molecular weight excluding hydrogens is 266 g/mol. The first-order chi connectivity index (χ1) is 10.2. The van der Waals surface area contributed by atoms with Crippen LogP contribution in [0.1, 0.15) is 25.3 Å². The van der Waals surface area contributed by atoms with Gasteiger partial charge in [0.25, 0.3) is 0 Å². The molecule has 0 amide bonds. The molecule has 0 N–H and O–H groups in total. The van der Waals surface area contributed by atoms with E-state index in [-0.39, 0.29) is 17.7 Å². The largest absolute Gasteiger partial charge is 0.465 e. The van der Waals surface area contributed by atoms with Gasteiger partial charge in [0.05, 0.1) is 6.61 Å². The van der Waals surface area contributed by atoms with Crippen molar-refractivity contribution >= 4 is 11.8 Å². The fourth-order valence-electron chi connectivity index (χ4n) is 3.65. The number of fused-ring (bicyclic) bond motifs is 2. The fraction of sp³-hybridized carbons (Fsp3) is 0.529. The molecule has 4 heteroatoms. The Hall–Kier alpha value is -1.68. The summed E-state index contributed by atoms with van der Waals surface area (Å²) in [6, 6.07) is 10.2. The molecule has 0 radical (unpaired) electrons. The Morgan fingerprint density at radius 3 is 2.86 bits per heavy atom. The monoisotopic (exact) mass is 287 g/mol. The number of likely N-dealkylation sites (tertiary alicyclic amines) is 1. The Morgan fingerprint density at radius 2 is 2.14 bits per heavy atom. The van der Waals surface area contributed by atoms with E-state index in [0.29, 0.717) is 19.6 Å². The third-order valence-electron chi connectivity index (χ3n) is 4.65. The van der Waals surface area contributed by atoms with E-state index in [1.165, 1.54) is 5.56 Å². The maximum absolute atomic E-state index is 12.5. The van der Waals surface area contributed by atoms with Crippen molar-refractivity contribution < 1.29 is 14.3 Å². The number of hydrogen-bond acceptors (Lipinski definition) is 4.